The van der Waals surface area contributed by atoms with E-state index in [-0.39, 0.29) is 47.5 Å². The van der Waals surface area contributed by atoms with Gasteiger partial charge in [0.1, 0.15) is 4.91 Å². The first-order valence-corrected chi connectivity index (χ1v) is 17.2. The summed E-state index contributed by atoms with van der Waals surface area (Å²) in [4.78, 5) is 17.2. The van der Waals surface area contributed by atoms with Crippen molar-refractivity contribution < 1.29 is 18.3 Å². The number of fused-ring (bicyclic) bond motifs is 10. The molecule has 8 bridgehead atoms. The number of aliphatic hydroxyl groups is 1. The van der Waals surface area contributed by atoms with E-state index in [4.69, 9.17) is 19.8 Å². The van der Waals surface area contributed by atoms with Crippen LogP contribution in [0.2, 0.25) is 0 Å². The lowest BCUT2D eigenvalue weighted by Crippen LogP contribution is -2.28. The molecule has 0 fully saturated rings. The molecule has 0 aliphatic carbocycles. The molecule has 5 heterocycles. The number of nitrogens with one attached hydrogen (secondary N) is 3. The number of nitrogens with zero attached hydrogens (tertiary/aromatic N) is 2. The highest BCUT2D eigenvalue weighted by Crippen LogP contribution is 2.39. The summed E-state index contributed by atoms with van der Waals surface area (Å²) in [5.74, 6) is 0. The zero-order valence-corrected chi connectivity index (χ0v) is 29.2. The Hall–Kier alpha value is -3.57. The van der Waals surface area contributed by atoms with Crippen molar-refractivity contribution in [3.8, 4) is 0 Å². The maximum absolute atomic E-state index is 13.6. The Morgan fingerprint density at radius 2 is 1.24 bits per heavy atom. The first-order chi connectivity index (χ1) is 21.4. The third-order valence-electron chi connectivity index (χ3n) is 8.11. The number of ether oxygens (including phenoxy) is 1. The topological polar surface area (TPSA) is 133 Å². The third kappa shape index (κ3) is 7.05. The summed E-state index contributed by atoms with van der Waals surface area (Å²) in [6.45, 7) is 19.7. The van der Waals surface area contributed by atoms with Gasteiger partial charge in [-0.2, -0.15) is 0 Å². The quantitative estimate of drug-likeness (QED) is 0.206. The van der Waals surface area contributed by atoms with Gasteiger partial charge in [-0.3, -0.25) is 0 Å². The minimum absolute atomic E-state index is 0.0636. The van der Waals surface area contributed by atoms with Gasteiger partial charge in [-0.15, -0.1) is 0 Å². The van der Waals surface area contributed by atoms with E-state index in [2.05, 4.69) is 107 Å². The van der Waals surface area contributed by atoms with Crippen LogP contribution in [0.15, 0.2) is 36.4 Å². The zero-order valence-electron chi connectivity index (χ0n) is 28.4. The van der Waals surface area contributed by atoms with E-state index in [1.165, 1.54) is 5.56 Å². The number of aromatic nitrogens is 4. The number of aromatic amines is 2. The molecular weight excluding hydrogens is 598 g/mol. The largest absolute Gasteiger partial charge is 0.394 e. The monoisotopic (exact) mass is 645 g/mol. The summed E-state index contributed by atoms with van der Waals surface area (Å²) in [7, 11) is -3.95. The van der Waals surface area contributed by atoms with Crippen LogP contribution in [0.5, 0.6) is 0 Å². The average Bonchev–Trinajstić information content (AvgIpc) is 3.72. The molecule has 0 saturated carbocycles. The van der Waals surface area contributed by atoms with Crippen LogP contribution in [0.1, 0.15) is 96.2 Å². The third-order valence-corrected chi connectivity index (χ3v) is 9.60. The molecular formula is C36H47N5O4S. The van der Waals surface area contributed by atoms with Crippen LogP contribution < -0.4 is 4.72 Å². The van der Waals surface area contributed by atoms with Gasteiger partial charge in [-0.1, -0.05) is 62.3 Å². The number of sulfonamides is 1. The molecule has 246 valence electrons. The van der Waals surface area contributed by atoms with Crippen molar-refractivity contribution in [2.24, 2.45) is 5.41 Å². The summed E-state index contributed by atoms with van der Waals surface area (Å²) < 4.78 is 35.1. The second-order valence-electron chi connectivity index (χ2n) is 15.0. The number of aliphatic hydroxyl groups excluding tert-OH is 1. The van der Waals surface area contributed by atoms with Crippen LogP contribution in [0, 0.1) is 5.41 Å². The minimum atomic E-state index is -3.95. The van der Waals surface area contributed by atoms with Crippen LogP contribution in [0.25, 0.3) is 44.7 Å². The molecule has 0 spiro atoms. The van der Waals surface area contributed by atoms with Crippen LogP contribution in [-0.2, 0) is 25.6 Å². The molecule has 0 amide bonds. The fraction of sp³-hybridized carbons (Fsp3) is 0.444. The van der Waals surface area contributed by atoms with E-state index in [1.54, 1.807) is 12.1 Å². The van der Waals surface area contributed by atoms with Crippen LogP contribution in [0.3, 0.4) is 0 Å². The van der Waals surface area contributed by atoms with Crippen LogP contribution in [0.4, 0.5) is 0 Å². The molecule has 0 saturated heterocycles. The molecule has 0 aromatic carbocycles. The van der Waals surface area contributed by atoms with E-state index in [0.717, 1.165) is 44.6 Å². The van der Waals surface area contributed by atoms with Gasteiger partial charge in [0.25, 0.3) is 0 Å². The number of H-pyrrole nitrogens is 2. The normalized spacial score (nSPS) is 14.4. The highest BCUT2D eigenvalue weighted by atomic mass is 32.2. The number of hydrogen-bond acceptors (Lipinski definition) is 6. The van der Waals surface area contributed by atoms with Crippen molar-refractivity contribution in [3.63, 3.8) is 0 Å². The molecule has 0 radical (unpaired) electrons. The Morgan fingerprint density at radius 1 is 0.717 bits per heavy atom. The van der Waals surface area contributed by atoms with Gasteiger partial charge in [-0.25, -0.2) is 23.1 Å². The second-order valence-corrected chi connectivity index (χ2v) is 16.7. The number of allylic oxidation sites excluding steroid dienone is 1. The van der Waals surface area contributed by atoms with Gasteiger partial charge in [0.05, 0.1) is 53.6 Å². The lowest BCUT2D eigenvalue weighted by Gasteiger charge is -2.19. The van der Waals surface area contributed by atoms with E-state index in [9.17, 15) is 8.42 Å². The molecule has 2 aliphatic rings. The smallest absolute Gasteiger partial charge is 0.242 e. The molecule has 10 heteroatoms. The van der Waals surface area contributed by atoms with Gasteiger partial charge < -0.3 is 19.8 Å². The summed E-state index contributed by atoms with van der Waals surface area (Å²) >= 11 is 0. The van der Waals surface area contributed by atoms with E-state index < -0.39 is 10.0 Å². The van der Waals surface area contributed by atoms with E-state index in [0.29, 0.717) is 11.4 Å². The molecule has 3 aromatic rings. The van der Waals surface area contributed by atoms with Crippen molar-refractivity contribution >= 4 is 54.7 Å². The molecule has 46 heavy (non-hydrogen) atoms. The Bertz CT molecular complexity index is 1980. The van der Waals surface area contributed by atoms with Gasteiger partial charge in [0.2, 0.25) is 10.0 Å². The Labute approximate surface area is 272 Å². The maximum atomic E-state index is 13.6. The first kappa shape index (κ1) is 33.8. The molecule has 4 N–H and O–H groups in total. The maximum Gasteiger partial charge on any atom is 0.242 e. The Balaban J connectivity index is 1.83. The van der Waals surface area contributed by atoms with Crippen molar-refractivity contribution in [3.05, 3.63) is 70.3 Å². The van der Waals surface area contributed by atoms with Crippen molar-refractivity contribution in [2.75, 3.05) is 26.4 Å². The molecule has 9 nitrogen and oxygen atoms in total. The highest BCUT2D eigenvalue weighted by Gasteiger charge is 2.28. The predicted molar refractivity (Wildman–Crippen MR) is 188 cm³/mol. The molecule has 0 atom stereocenters. The van der Waals surface area contributed by atoms with Crippen molar-refractivity contribution in [1.82, 2.24) is 24.7 Å². The predicted octanol–water partition coefficient (Wildman–Crippen LogP) is 6.92. The summed E-state index contributed by atoms with van der Waals surface area (Å²) in [6.07, 6.45) is 3.73. The number of rotatable bonds is 7. The van der Waals surface area contributed by atoms with E-state index >= 15 is 0 Å². The van der Waals surface area contributed by atoms with Crippen LogP contribution >= 0.6 is 0 Å². The summed E-state index contributed by atoms with van der Waals surface area (Å²) in [6, 6.07) is 12.0. The standard InChI is InChI=1S/C36H47N5O4S/c1-34(2,3)22-18-29-30-19-23(35(4,5)6)27(39-30)12-13-28-33(46(43,44)37-14-16-45-17-15-42)21-32(41-28)31-20-24(36(7,8)9)26(40-31)11-10-25(22)38-29/h10-13,18-21,37-38,40,42H,14-17H2,1-9H3. The molecule has 3 aromatic heterocycles. The number of hydrogen-bond donors (Lipinski definition) is 4. The van der Waals surface area contributed by atoms with Gasteiger partial charge >= 0.3 is 0 Å². The molecule has 2 aliphatic heterocycles. The first-order valence-electron chi connectivity index (χ1n) is 15.8. The fourth-order valence-corrected chi connectivity index (χ4v) is 6.89. The second kappa shape index (κ2) is 12.2. The van der Waals surface area contributed by atoms with Crippen molar-refractivity contribution in [1.29, 1.82) is 0 Å². The Morgan fingerprint density at radius 3 is 1.76 bits per heavy atom. The SMILES string of the molecule is CC(C)(C)C1=Cc2nc1ccc1nc(c3cc(C(C)(C)C)c(ccc4[nH]c2cc4C(C)(C)C)[nH]3)C=C1S(=O)(=O)NCCOCCO. The Kier molecular flexibility index (Phi) is 8.98. The minimum Gasteiger partial charge on any atom is -0.394 e. The zero-order chi connectivity index (χ0) is 33.7. The van der Waals surface area contributed by atoms with Crippen molar-refractivity contribution in [2.45, 2.75) is 73.1 Å². The molecule has 0 unspecified atom stereocenters. The van der Waals surface area contributed by atoms with E-state index in [1.807, 2.05) is 6.07 Å². The fourth-order valence-electron chi connectivity index (χ4n) is 5.72. The highest BCUT2D eigenvalue weighted by molar-refractivity contribution is 7.99. The lowest BCUT2D eigenvalue weighted by atomic mass is 9.84. The van der Waals surface area contributed by atoms with Crippen LogP contribution in [-0.4, -0.2) is 59.8 Å². The summed E-state index contributed by atoms with van der Waals surface area (Å²) in [5.41, 5.74) is 8.84. The van der Waals surface area contributed by atoms with Gasteiger partial charge in [0, 0.05) is 17.6 Å². The van der Waals surface area contributed by atoms with Gasteiger partial charge in [-0.05, 0) is 81.5 Å². The van der Waals surface area contributed by atoms with Gasteiger partial charge in [0.15, 0.2) is 0 Å². The lowest BCUT2D eigenvalue weighted by molar-refractivity contribution is 0.0962. The average molecular weight is 646 g/mol. The molecule has 5 rings (SSSR count). The summed E-state index contributed by atoms with van der Waals surface area (Å²) in [5, 5.41) is 8.97.